The predicted molar refractivity (Wildman–Crippen MR) is 83.7 cm³/mol. The summed E-state index contributed by atoms with van der Waals surface area (Å²) < 4.78 is 18.4. The molecule has 2 aromatic rings. The minimum absolute atomic E-state index is 0.0241. The lowest BCUT2D eigenvalue weighted by Gasteiger charge is -2.06. The van der Waals surface area contributed by atoms with Crippen molar-refractivity contribution in [3.05, 3.63) is 64.9 Å². The third-order valence-corrected chi connectivity index (χ3v) is 3.06. The summed E-state index contributed by atoms with van der Waals surface area (Å²) in [6.45, 7) is 1.43. The van der Waals surface area contributed by atoms with Crippen molar-refractivity contribution in [2.45, 2.75) is 6.92 Å². The molecule has 114 valence electrons. The maximum Gasteiger partial charge on any atom is 0.277 e. The molecule has 0 radical (unpaired) electrons. The topological polar surface area (TPSA) is 50.7 Å². The number of hydrogen-bond donors (Lipinski definition) is 1. The van der Waals surface area contributed by atoms with Crippen LogP contribution in [0.25, 0.3) is 0 Å². The highest BCUT2D eigenvalue weighted by molar-refractivity contribution is 6.30. The van der Waals surface area contributed by atoms with Gasteiger partial charge in [0.05, 0.1) is 5.71 Å². The van der Waals surface area contributed by atoms with Gasteiger partial charge < -0.3 is 4.74 Å². The molecule has 0 heterocycles. The van der Waals surface area contributed by atoms with Gasteiger partial charge in [0.1, 0.15) is 0 Å². The number of amides is 1. The molecule has 4 nitrogen and oxygen atoms in total. The zero-order valence-electron chi connectivity index (χ0n) is 11.8. The highest BCUT2D eigenvalue weighted by Gasteiger charge is 2.06. The number of halogens is 2. The number of para-hydroxylation sites is 1. The van der Waals surface area contributed by atoms with Crippen LogP contribution in [0.15, 0.2) is 53.6 Å². The normalized spacial score (nSPS) is 11.1. The van der Waals surface area contributed by atoms with Gasteiger partial charge in [-0.3, -0.25) is 4.79 Å². The molecular formula is C16H14ClFN2O2. The standard InChI is InChI=1S/C16H14ClFN2O2/c1-11(12-6-8-13(17)9-7-12)19-20-16(21)10-22-15-5-3-2-4-14(15)18/h2-9H,10H2,1H3,(H,20,21)/b19-11-. The largest absolute Gasteiger partial charge is 0.481 e. The quantitative estimate of drug-likeness (QED) is 0.678. The monoisotopic (exact) mass is 320 g/mol. The van der Waals surface area contributed by atoms with Crippen LogP contribution in [0.1, 0.15) is 12.5 Å². The Bertz CT molecular complexity index is 687. The molecule has 0 spiro atoms. The van der Waals surface area contributed by atoms with Crippen LogP contribution in [-0.4, -0.2) is 18.2 Å². The third-order valence-electron chi connectivity index (χ3n) is 2.81. The van der Waals surface area contributed by atoms with Gasteiger partial charge in [-0.05, 0) is 36.8 Å². The first kappa shape index (κ1) is 16.0. The van der Waals surface area contributed by atoms with Crippen LogP contribution in [0.4, 0.5) is 4.39 Å². The summed E-state index contributed by atoms with van der Waals surface area (Å²) in [5.74, 6) is -0.969. The summed E-state index contributed by atoms with van der Waals surface area (Å²) in [6, 6.07) is 12.9. The number of hydrazone groups is 1. The number of benzene rings is 2. The van der Waals surface area contributed by atoms with Gasteiger partial charge in [-0.15, -0.1) is 0 Å². The van der Waals surface area contributed by atoms with E-state index >= 15 is 0 Å². The van der Waals surface area contributed by atoms with E-state index in [4.69, 9.17) is 16.3 Å². The van der Waals surface area contributed by atoms with Crippen LogP contribution in [0, 0.1) is 5.82 Å². The van der Waals surface area contributed by atoms with E-state index in [-0.39, 0.29) is 12.4 Å². The van der Waals surface area contributed by atoms with Gasteiger partial charge in [0.2, 0.25) is 0 Å². The highest BCUT2D eigenvalue weighted by atomic mass is 35.5. The van der Waals surface area contributed by atoms with E-state index in [1.165, 1.54) is 12.1 Å². The predicted octanol–water partition coefficient (Wildman–Crippen LogP) is 3.40. The first-order chi connectivity index (χ1) is 10.6. The van der Waals surface area contributed by atoms with Gasteiger partial charge in [-0.2, -0.15) is 5.10 Å². The molecule has 6 heteroatoms. The summed E-state index contributed by atoms with van der Waals surface area (Å²) in [7, 11) is 0. The Morgan fingerprint density at radius 2 is 1.91 bits per heavy atom. The molecule has 0 unspecified atom stereocenters. The molecule has 0 atom stereocenters. The number of nitrogens with zero attached hydrogens (tertiary/aromatic N) is 1. The second-order valence-electron chi connectivity index (χ2n) is 4.46. The van der Waals surface area contributed by atoms with E-state index in [2.05, 4.69) is 10.5 Å². The summed E-state index contributed by atoms with van der Waals surface area (Å²) in [5.41, 5.74) is 3.81. The molecule has 0 aliphatic carbocycles. The summed E-state index contributed by atoms with van der Waals surface area (Å²) in [5, 5.41) is 4.58. The molecule has 0 bridgehead atoms. The molecule has 0 saturated heterocycles. The first-order valence-corrected chi connectivity index (χ1v) is 6.90. The number of carbonyl (C=O) groups is 1. The van der Waals surface area contributed by atoms with Crippen LogP contribution in [0.3, 0.4) is 0 Å². The minimum atomic E-state index is -0.517. The summed E-state index contributed by atoms with van der Waals surface area (Å²) in [4.78, 5) is 11.6. The fourth-order valence-electron chi connectivity index (χ4n) is 1.64. The van der Waals surface area contributed by atoms with Crippen LogP contribution < -0.4 is 10.2 Å². The Labute approximate surface area is 132 Å². The smallest absolute Gasteiger partial charge is 0.277 e. The number of ether oxygens (including phenoxy) is 1. The number of nitrogens with one attached hydrogen (secondary N) is 1. The van der Waals surface area contributed by atoms with Crippen molar-refractivity contribution >= 4 is 23.2 Å². The Balaban J connectivity index is 1.88. The first-order valence-electron chi connectivity index (χ1n) is 6.52. The summed E-state index contributed by atoms with van der Waals surface area (Å²) >= 11 is 5.80. The van der Waals surface area contributed by atoms with Crippen LogP contribution in [0.5, 0.6) is 5.75 Å². The Morgan fingerprint density at radius 1 is 1.23 bits per heavy atom. The lowest BCUT2D eigenvalue weighted by molar-refractivity contribution is -0.123. The fourth-order valence-corrected chi connectivity index (χ4v) is 1.77. The van der Waals surface area contributed by atoms with Gasteiger partial charge in [0, 0.05) is 5.02 Å². The Morgan fingerprint density at radius 3 is 2.59 bits per heavy atom. The molecule has 0 aliphatic heterocycles. The van der Waals surface area contributed by atoms with Crippen LogP contribution in [-0.2, 0) is 4.79 Å². The second-order valence-corrected chi connectivity index (χ2v) is 4.89. The highest BCUT2D eigenvalue weighted by Crippen LogP contribution is 2.15. The van der Waals surface area contributed by atoms with Gasteiger partial charge in [0.15, 0.2) is 18.2 Å². The lowest BCUT2D eigenvalue weighted by atomic mass is 10.1. The molecule has 0 saturated carbocycles. The zero-order chi connectivity index (χ0) is 15.9. The second kappa shape index (κ2) is 7.56. The third kappa shape index (κ3) is 4.56. The van der Waals surface area contributed by atoms with Gasteiger partial charge in [-0.1, -0.05) is 35.9 Å². The number of rotatable bonds is 5. The molecule has 0 aliphatic rings. The van der Waals surface area contributed by atoms with E-state index in [9.17, 15) is 9.18 Å². The van der Waals surface area contributed by atoms with E-state index in [1.54, 1.807) is 43.3 Å². The molecule has 1 N–H and O–H groups in total. The molecule has 0 fully saturated rings. The van der Waals surface area contributed by atoms with Crippen molar-refractivity contribution in [1.82, 2.24) is 5.43 Å². The molecule has 2 rings (SSSR count). The maximum atomic E-state index is 13.3. The molecule has 0 aromatic heterocycles. The Hall–Kier alpha value is -2.40. The molecule has 1 amide bonds. The van der Waals surface area contributed by atoms with E-state index in [0.29, 0.717) is 10.7 Å². The average molecular weight is 321 g/mol. The van der Waals surface area contributed by atoms with Crippen molar-refractivity contribution in [2.75, 3.05) is 6.61 Å². The minimum Gasteiger partial charge on any atom is -0.481 e. The van der Waals surface area contributed by atoms with Crippen molar-refractivity contribution in [2.24, 2.45) is 5.10 Å². The van der Waals surface area contributed by atoms with E-state index < -0.39 is 11.7 Å². The maximum absolute atomic E-state index is 13.3. The molecule has 2 aromatic carbocycles. The van der Waals surface area contributed by atoms with E-state index in [1.807, 2.05) is 0 Å². The summed E-state index contributed by atoms with van der Waals surface area (Å²) in [6.07, 6.45) is 0. The zero-order valence-corrected chi connectivity index (χ0v) is 12.6. The fraction of sp³-hybridized carbons (Fsp3) is 0.125. The van der Waals surface area contributed by atoms with Crippen molar-refractivity contribution in [3.63, 3.8) is 0 Å². The average Bonchev–Trinajstić information content (AvgIpc) is 2.52. The number of carbonyl (C=O) groups excluding carboxylic acids is 1. The SMILES string of the molecule is C/C(=N/NC(=O)COc1ccccc1F)c1ccc(Cl)cc1. The van der Waals surface area contributed by atoms with Crippen molar-refractivity contribution in [1.29, 1.82) is 0 Å². The number of hydrogen-bond acceptors (Lipinski definition) is 3. The molecule has 22 heavy (non-hydrogen) atoms. The van der Waals surface area contributed by atoms with Gasteiger partial charge in [0.25, 0.3) is 5.91 Å². The van der Waals surface area contributed by atoms with Crippen LogP contribution >= 0.6 is 11.6 Å². The van der Waals surface area contributed by atoms with Gasteiger partial charge in [-0.25, -0.2) is 9.82 Å². The van der Waals surface area contributed by atoms with Crippen molar-refractivity contribution < 1.29 is 13.9 Å². The van der Waals surface area contributed by atoms with Crippen LogP contribution in [0.2, 0.25) is 5.02 Å². The van der Waals surface area contributed by atoms with Gasteiger partial charge >= 0.3 is 0 Å². The molecular weight excluding hydrogens is 307 g/mol. The lowest BCUT2D eigenvalue weighted by Crippen LogP contribution is -2.25. The van der Waals surface area contributed by atoms with E-state index in [0.717, 1.165) is 5.56 Å². The Kier molecular flexibility index (Phi) is 5.49. The van der Waals surface area contributed by atoms with Crippen molar-refractivity contribution in [3.8, 4) is 5.75 Å².